The molecule has 0 amide bonds. The Kier molecular flexibility index (Phi) is 41.0. The van der Waals surface area contributed by atoms with E-state index in [9.17, 15) is 29.7 Å². The molecule has 0 aliphatic heterocycles. The van der Waals surface area contributed by atoms with E-state index in [2.05, 4.69) is 367 Å². The standard InChI is InChI=1S/C31H28NSi.C30H26NSi.C29H32NSi.C11H20O2.C10H18O2.C9H16O2.3Ir/c1-22-17-26(23-11-7-5-8-12-23)19-27(18-22)29-16-15-25-20-31(33(2,3)4)28(21-30(25)32-29)24-13-9-6-10-14-24;1-32(2,3)30-20-26-17-18-28(31-29(26)21-27(30)23-13-8-5-9-14-23)25-16-10-15-24(19-25)22-11-6-4-7-12-22;1-20-15-23(17-24(16-20)29(2,3)4)26-14-13-22-18-28(31(5,6)7)25(19-27(22)30-26)21-11-9-8-10-12-21;1-10(2,3)8(12)7-9(13)11(4,5)6;1-7(2)8(11)6-9(12)10(3,4)5;1-6(2)8(10)5-9(11)7(3)4;;;/h5-17,19-21H,1-4H3;4-15,17-21H,1-3H3;8-14,16-19H,1-7H3;7,12H,1-6H3;6-7,11H,1-5H3;5-7,10H,1-4H3;;;/q3*-1;;;;;;. The third-order valence-corrected chi connectivity index (χ3v) is 28.8. The molecule has 0 unspecified atom stereocenters. The van der Waals surface area contributed by atoms with Crippen LogP contribution in [-0.2, 0) is 80.1 Å². The number of fused-ring (bicyclic) bond motifs is 3. The van der Waals surface area contributed by atoms with Gasteiger partial charge >= 0.3 is 0 Å². The molecule has 3 radical (unpaired) electrons. The molecule has 135 heavy (non-hydrogen) atoms. The van der Waals surface area contributed by atoms with E-state index in [0.717, 1.165) is 61.4 Å². The maximum atomic E-state index is 11.5. The number of aliphatic hydroxyl groups is 3. The van der Waals surface area contributed by atoms with Crippen molar-refractivity contribution in [3.05, 3.63) is 337 Å². The monoisotopic (exact) mass is 2380 g/mol. The van der Waals surface area contributed by atoms with Crippen molar-refractivity contribution < 1.29 is 90.0 Å². The fourth-order valence-electron chi connectivity index (χ4n) is 14.3. The topological polar surface area (TPSA) is 151 Å². The Hall–Kier alpha value is -10.1. The number of hydrogen-bond acceptors (Lipinski definition) is 9. The molecule has 15 heteroatoms. The first kappa shape index (κ1) is 114. The first-order chi connectivity index (χ1) is 61.6. The smallest absolute Gasteiger partial charge is 0.164 e. The second kappa shape index (κ2) is 48.8. The Balaban J connectivity index is 0.000000262. The molecule has 9 nitrogen and oxygen atoms in total. The van der Waals surface area contributed by atoms with Crippen LogP contribution in [0.25, 0.3) is 122 Å². The maximum absolute atomic E-state index is 11.5. The first-order valence-corrected chi connectivity index (χ1v) is 56.7. The predicted molar refractivity (Wildman–Crippen MR) is 572 cm³/mol. The van der Waals surface area contributed by atoms with Gasteiger partial charge < -0.3 is 15.3 Å². The van der Waals surface area contributed by atoms with Crippen LogP contribution in [-0.4, -0.2) is 71.8 Å². The molecule has 0 saturated carbocycles. The van der Waals surface area contributed by atoms with Crippen molar-refractivity contribution >= 4 is 89.8 Å². The number of pyridine rings is 3. The normalized spacial score (nSPS) is 12.1. The Morgan fingerprint density at radius 1 is 0.326 bits per heavy atom. The predicted octanol–water partition coefficient (Wildman–Crippen LogP) is 31.1. The number of allylic oxidation sites excluding steroid dienone is 6. The number of aliphatic hydroxyl groups excluding tert-OH is 3. The maximum Gasteiger partial charge on any atom is 0.164 e. The van der Waals surface area contributed by atoms with Gasteiger partial charge in [0, 0.05) is 113 Å². The summed E-state index contributed by atoms with van der Waals surface area (Å²) in [5.74, 6) is 0.417. The van der Waals surface area contributed by atoms with Crippen LogP contribution in [0.3, 0.4) is 0 Å². The minimum atomic E-state index is -1.54. The number of aryl methyl sites for hydroxylation is 2. The minimum Gasteiger partial charge on any atom is -0.512 e. The molecule has 0 fully saturated rings. The van der Waals surface area contributed by atoms with Crippen molar-refractivity contribution in [1.82, 2.24) is 15.0 Å². The van der Waals surface area contributed by atoms with Crippen molar-refractivity contribution in [2.24, 2.45) is 34.0 Å². The van der Waals surface area contributed by atoms with Crippen LogP contribution < -0.4 is 15.6 Å². The summed E-state index contributed by atoms with van der Waals surface area (Å²) < 4.78 is 0. The number of benzene rings is 11. The van der Waals surface area contributed by atoms with Gasteiger partial charge in [-0.3, -0.25) is 29.3 Å². The third-order valence-electron chi connectivity index (χ3n) is 22.7. The van der Waals surface area contributed by atoms with Crippen molar-refractivity contribution in [3.63, 3.8) is 0 Å². The second-order valence-electron chi connectivity index (χ2n) is 42.6. The third kappa shape index (κ3) is 32.8. The van der Waals surface area contributed by atoms with E-state index in [1.807, 2.05) is 116 Å². The van der Waals surface area contributed by atoms with Gasteiger partial charge in [0.25, 0.3) is 0 Å². The van der Waals surface area contributed by atoms with Gasteiger partial charge in [-0.15, -0.1) is 105 Å². The molecule has 14 aromatic rings. The molecule has 3 aromatic heterocycles. The van der Waals surface area contributed by atoms with Gasteiger partial charge in [-0.05, 0) is 101 Å². The molecule has 0 aliphatic carbocycles. The van der Waals surface area contributed by atoms with E-state index in [-0.39, 0.29) is 124 Å². The number of nitrogens with zero attached hydrogens (tertiary/aromatic N) is 3. The van der Waals surface area contributed by atoms with E-state index in [4.69, 9.17) is 15.0 Å². The van der Waals surface area contributed by atoms with E-state index >= 15 is 0 Å². The molecule has 3 heterocycles. The summed E-state index contributed by atoms with van der Waals surface area (Å²) in [6, 6.07) is 106. The van der Waals surface area contributed by atoms with E-state index in [0.29, 0.717) is 0 Å². The molecule has 0 atom stereocenters. The van der Waals surface area contributed by atoms with Gasteiger partial charge in [-0.25, -0.2) is 0 Å². The zero-order chi connectivity index (χ0) is 97.3. The van der Waals surface area contributed by atoms with Gasteiger partial charge in [0.2, 0.25) is 0 Å². The molecule has 11 aromatic carbocycles. The number of aromatic nitrogens is 3. The summed E-state index contributed by atoms with van der Waals surface area (Å²) in [5.41, 5.74) is 24.2. The Morgan fingerprint density at radius 3 is 0.963 bits per heavy atom. The number of hydrogen-bond donors (Lipinski definition) is 3. The fourth-order valence-corrected chi connectivity index (χ4v) is 19.1. The second-order valence-corrected chi connectivity index (χ2v) is 57.7. The number of ketones is 3. The summed E-state index contributed by atoms with van der Waals surface area (Å²) in [6.45, 7) is 60.3. The molecule has 14 rings (SSSR count). The number of rotatable bonds is 17. The van der Waals surface area contributed by atoms with Crippen molar-refractivity contribution in [2.45, 2.75) is 203 Å². The summed E-state index contributed by atoms with van der Waals surface area (Å²) in [7, 11) is -4.60. The summed E-state index contributed by atoms with van der Waals surface area (Å²) in [6.07, 6.45) is 3.97. The SMILES string of the molecule is CC(C)(C)C(=O)C=C(O)C(C)(C)C.CC(C)C(=O)C=C(O)C(C)C.CC(C)C(O)=CC(=O)C(C)(C)C.C[Si](C)(C)c1cc2ccc(-c3[c-]ccc(-c4ccccc4)c3)nc2cc1-c1ccccc1.Cc1[c-]c(-c2ccc3cc([Si](C)(C)C)c(-c4ccccc4)cc3n2)cc(-c2ccccc2)c1.Cc1[c-]c(-c2ccc3cc([Si](C)(C)C)c(-c4ccccc4)cc3n2)cc(C(C)(C)C)c1.[Ir].[Ir].[Ir]. The van der Waals surface area contributed by atoms with Gasteiger partial charge in [0.15, 0.2) is 17.3 Å². The van der Waals surface area contributed by atoms with E-state index in [1.54, 1.807) is 0 Å². The molecular formula is C120H140Ir3N3O6Si3-3. The minimum absolute atomic E-state index is 0. The van der Waals surface area contributed by atoms with E-state index in [1.165, 1.54) is 111 Å². The molecule has 713 valence electrons. The first-order valence-electron chi connectivity index (χ1n) is 46.2. The van der Waals surface area contributed by atoms with Crippen molar-refractivity contribution in [3.8, 4) is 89.4 Å². The molecule has 0 saturated heterocycles. The van der Waals surface area contributed by atoms with Crippen LogP contribution >= 0.6 is 0 Å². The summed E-state index contributed by atoms with van der Waals surface area (Å²) in [4.78, 5) is 49.1. The van der Waals surface area contributed by atoms with Crippen LogP contribution in [0.15, 0.2) is 302 Å². The van der Waals surface area contributed by atoms with Gasteiger partial charge in [-0.1, -0.05) is 419 Å². The van der Waals surface area contributed by atoms with Crippen LogP contribution in [0.2, 0.25) is 58.9 Å². The summed E-state index contributed by atoms with van der Waals surface area (Å²) in [5, 5.41) is 36.1. The molecule has 0 bridgehead atoms. The van der Waals surface area contributed by atoms with Crippen molar-refractivity contribution in [2.75, 3.05) is 0 Å². The number of carbonyl (C=O) groups is 3. The Morgan fingerprint density at radius 2 is 0.637 bits per heavy atom. The van der Waals surface area contributed by atoms with E-state index < -0.39 is 35.1 Å². The quantitative estimate of drug-likeness (QED) is 0.0350. The molecule has 0 aliphatic rings. The Labute approximate surface area is 851 Å². The van der Waals surface area contributed by atoms with Gasteiger partial charge in [-0.2, -0.15) is 0 Å². The molecule has 3 N–H and O–H groups in total. The van der Waals surface area contributed by atoms with Crippen LogP contribution in [0, 0.1) is 66.0 Å². The Bertz CT molecular complexity index is 6440. The average molecular weight is 2380 g/mol. The van der Waals surface area contributed by atoms with Crippen LogP contribution in [0.4, 0.5) is 0 Å². The van der Waals surface area contributed by atoms with Crippen molar-refractivity contribution in [1.29, 1.82) is 0 Å². The van der Waals surface area contributed by atoms with Crippen LogP contribution in [0.1, 0.15) is 141 Å². The zero-order valence-electron chi connectivity index (χ0n) is 84.8. The summed E-state index contributed by atoms with van der Waals surface area (Å²) >= 11 is 0. The average Bonchev–Trinajstić information content (AvgIpc) is 0.772. The van der Waals surface area contributed by atoms with Crippen LogP contribution in [0.5, 0.6) is 0 Å². The van der Waals surface area contributed by atoms with Gasteiger partial charge in [0.05, 0.1) is 52.3 Å². The van der Waals surface area contributed by atoms with Gasteiger partial charge in [0.1, 0.15) is 5.76 Å². The molecule has 0 spiro atoms. The fraction of sp³-hybridized carbons (Fsp3) is 0.300. The zero-order valence-corrected chi connectivity index (χ0v) is 95.0. The number of carbonyl (C=O) groups excluding carboxylic acids is 3. The largest absolute Gasteiger partial charge is 0.512 e. The molecular weight excluding hydrogens is 2240 g/mol.